The van der Waals surface area contributed by atoms with Gasteiger partial charge in [0.05, 0.1) is 10.7 Å². The highest BCUT2D eigenvalue weighted by Gasteiger charge is 2.12. The van der Waals surface area contributed by atoms with Gasteiger partial charge in [0.1, 0.15) is 0 Å². The van der Waals surface area contributed by atoms with Gasteiger partial charge < -0.3 is 11.1 Å². The van der Waals surface area contributed by atoms with Crippen molar-refractivity contribution in [2.75, 3.05) is 5.32 Å². The van der Waals surface area contributed by atoms with Crippen LogP contribution in [0.3, 0.4) is 0 Å². The first-order valence-electron chi connectivity index (χ1n) is 4.95. The first-order chi connectivity index (χ1) is 8.49. The fourth-order valence-corrected chi connectivity index (χ4v) is 1.72. The molecule has 0 amide bonds. The molecule has 0 aliphatic heterocycles. The molecule has 1 aromatic carbocycles. The summed E-state index contributed by atoms with van der Waals surface area (Å²) in [5.74, 6) is 0.537. The molecule has 1 aromatic heterocycles. The van der Waals surface area contributed by atoms with Gasteiger partial charge in [-0.25, -0.2) is 0 Å². The number of nitrogens with zero attached hydrogens (tertiary/aromatic N) is 3. The number of hydrogen-bond donors (Lipinski definition) is 3. The largest absolute Gasteiger partial charge is 0.381 e. The zero-order valence-corrected chi connectivity index (χ0v) is 10.9. The van der Waals surface area contributed by atoms with Crippen molar-refractivity contribution in [3.63, 3.8) is 0 Å². The topological polar surface area (TPSA) is 92.6 Å². The van der Waals surface area contributed by atoms with Crippen LogP contribution in [0.2, 0.25) is 10.0 Å². The van der Waals surface area contributed by atoms with E-state index in [4.69, 9.17) is 34.3 Å². The summed E-state index contributed by atoms with van der Waals surface area (Å²) in [7, 11) is 1.69. The van der Waals surface area contributed by atoms with Gasteiger partial charge in [0.25, 0.3) is 0 Å². The maximum atomic E-state index is 7.33. The lowest BCUT2D eigenvalue weighted by Crippen LogP contribution is -2.17. The van der Waals surface area contributed by atoms with Crippen molar-refractivity contribution in [1.29, 1.82) is 5.41 Å². The standard InChI is InChI=1S/C10H10Cl2N6/c1-18-9(8(13)14)16-17-10(18)15-7-4-5(11)2-3-6(7)12/h2-4H,1H3,(H3,13,14)(H,15,17). The van der Waals surface area contributed by atoms with Gasteiger partial charge in [-0.05, 0) is 18.2 Å². The third kappa shape index (κ3) is 2.39. The molecule has 0 saturated heterocycles. The highest BCUT2D eigenvalue weighted by Crippen LogP contribution is 2.27. The van der Waals surface area contributed by atoms with Crippen LogP contribution < -0.4 is 11.1 Å². The van der Waals surface area contributed by atoms with Crippen LogP contribution in [0.4, 0.5) is 11.6 Å². The van der Waals surface area contributed by atoms with Crippen molar-refractivity contribution in [3.8, 4) is 0 Å². The average Bonchev–Trinajstić information content (AvgIpc) is 2.66. The number of nitrogens with one attached hydrogen (secondary N) is 2. The van der Waals surface area contributed by atoms with Crippen molar-refractivity contribution in [2.45, 2.75) is 0 Å². The number of hydrogen-bond acceptors (Lipinski definition) is 4. The minimum absolute atomic E-state index is 0.157. The molecular formula is C10H10Cl2N6. The van der Waals surface area contributed by atoms with E-state index in [9.17, 15) is 0 Å². The van der Waals surface area contributed by atoms with E-state index in [1.807, 2.05) is 0 Å². The Hall–Kier alpha value is -1.79. The molecule has 0 fully saturated rings. The Morgan fingerprint density at radius 3 is 2.72 bits per heavy atom. The molecule has 0 saturated carbocycles. The van der Waals surface area contributed by atoms with Crippen LogP contribution in [0.15, 0.2) is 18.2 Å². The molecule has 6 nitrogen and oxygen atoms in total. The van der Waals surface area contributed by atoms with E-state index in [0.717, 1.165) is 0 Å². The second kappa shape index (κ2) is 4.83. The van der Waals surface area contributed by atoms with Crippen molar-refractivity contribution in [2.24, 2.45) is 12.8 Å². The molecule has 2 rings (SSSR count). The van der Waals surface area contributed by atoms with Crippen LogP contribution in [0, 0.1) is 5.41 Å². The molecule has 0 spiro atoms. The molecule has 0 radical (unpaired) electrons. The Morgan fingerprint density at radius 2 is 2.11 bits per heavy atom. The molecular weight excluding hydrogens is 275 g/mol. The zero-order valence-electron chi connectivity index (χ0n) is 9.41. The van der Waals surface area contributed by atoms with E-state index in [1.54, 1.807) is 29.8 Å². The molecule has 0 atom stereocenters. The Morgan fingerprint density at radius 1 is 1.39 bits per heavy atom. The molecule has 8 heteroatoms. The molecule has 1 heterocycles. The summed E-state index contributed by atoms with van der Waals surface area (Å²) >= 11 is 11.9. The number of nitrogen functional groups attached to an aromatic ring is 1. The molecule has 0 unspecified atom stereocenters. The second-order valence-electron chi connectivity index (χ2n) is 3.57. The van der Waals surface area contributed by atoms with Crippen molar-refractivity contribution >= 4 is 40.7 Å². The Labute approximate surface area is 113 Å². The third-order valence-corrected chi connectivity index (χ3v) is 2.86. The van der Waals surface area contributed by atoms with E-state index in [-0.39, 0.29) is 11.7 Å². The summed E-state index contributed by atoms with van der Waals surface area (Å²) in [4.78, 5) is 0. The number of halogens is 2. The van der Waals surface area contributed by atoms with Gasteiger partial charge >= 0.3 is 0 Å². The normalized spacial score (nSPS) is 10.4. The lowest BCUT2D eigenvalue weighted by Gasteiger charge is -2.08. The molecule has 18 heavy (non-hydrogen) atoms. The predicted molar refractivity (Wildman–Crippen MR) is 71.8 cm³/mol. The van der Waals surface area contributed by atoms with Crippen LogP contribution in [-0.2, 0) is 7.05 Å². The summed E-state index contributed by atoms with van der Waals surface area (Å²) in [5.41, 5.74) is 5.97. The summed E-state index contributed by atoms with van der Waals surface area (Å²) < 4.78 is 1.56. The number of benzene rings is 1. The SMILES string of the molecule is Cn1c(Nc2cc(Cl)ccc2Cl)nnc1C(=N)N. The van der Waals surface area contributed by atoms with Crippen LogP contribution in [0.5, 0.6) is 0 Å². The molecule has 4 N–H and O–H groups in total. The lowest BCUT2D eigenvalue weighted by molar-refractivity contribution is 0.900. The van der Waals surface area contributed by atoms with Gasteiger partial charge in [0.2, 0.25) is 5.95 Å². The second-order valence-corrected chi connectivity index (χ2v) is 4.41. The van der Waals surface area contributed by atoms with Gasteiger partial charge in [-0.1, -0.05) is 23.2 Å². The third-order valence-electron chi connectivity index (χ3n) is 2.29. The molecule has 0 aliphatic carbocycles. The minimum Gasteiger partial charge on any atom is -0.381 e. The average molecular weight is 285 g/mol. The highest BCUT2D eigenvalue weighted by molar-refractivity contribution is 6.35. The first kappa shape index (κ1) is 12.7. The van der Waals surface area contributed by atoms with Crippen LogP contribution in [0.1, 0.15) is 5.82 Å². The van der Waals surface area contributed by atoms with Gasteiger partial charge in [0, 0.05) is 12.1 Å². The minimum atomic E-state index is -0.157. The maximum Gasteiger partial charge on any atom is 0.229 e. The zero-order chi connectivity index (χ0) is 13.3. The highest BCUT2D eigenvalue weighted by atomic mass is 35.5. The summed E-state index contributed by atoms with van der Waals surface area (Å²) in [6, 6.07) is 5.03. The predicted octanol–water partition coefficient (Wildman–Crippen LogP) is 2.15. The molecule has 0 aliphatic rings. The smallest absolute Gasteiger partial charge is 0.229 e. The number of aromatic nitrogens is 3. The summed E-state index contributed by atoms with van der Waals surface area (Å²) in [6.45, 7) is 0. The molecule has 0 bridgehead atoms. The van der Waals surface area contributed by atoms with Crippen molar-refractivity contribution < 1.29 is 0 Å². The van der Waals surface area contributed by atoms with E-state index >= 15 is 0 Å². The van der Waals surface area contributed by atoms with Crippen LogP contribution >= 0.6 is 23.2 Å². The lowest BCUT2D eigenvalue weighted by atomic mass is 10.3. The number of amidine groups is 1. The summed E-state index contributed by atoms with van der Waals surface area (Å²) in [6.07, 6.45) is 0. The van der Waals surface area contributed by atoms with Crippen LogP contribution in [0.25, 0.3) is 0 Å². The first-order valence-corrected chi connectivity index (χ1v) is 5.70. The number of nitrogens with two attached hydrogens (primary N) is 1. The fraction of sp³-hybridized carbons (Fsp3) is 0.100. The van der Waals surface area contributed by atoms with Gasteiger partial charge in [0.15, 0.2) is 11.7 Å². The monoisotopic (exact) mass is 284 g/mol. The van der Waals surface area contributed by atoms with E-state index in [0.29, 0.717) is 21.7 Å². The Kier molecular flexibility index (Phi) is 3.40. The Balaban J connectivity index is 2.34. The van der Waals surface area contributed by atoms with Gasteiger partial charge in [-0.3, -0.25) is 9.98 Å². The van der Waals surface area contributed by atoms with Gasteiger partial charge in [-0.2, -0.15) is 0 Å². The quantitative estimate of drug-likeness (QED) is 0.595. The number of rotatable bonds is 3. The molecule has 94 valence electrons. The maximum absolute atomic E-state index is 7.33. The van der Waals surface area contributed by atoms with Crippen molar-refractivity contribution in [1.82, 2.24) is 14.8 Å². The van der Waals surface area contributed by atoms with Gasteiger partial charge in [-0.15, -0.1) is 10.2 Å². The summed E-state index contributed by atoms with van der Waals surface area (Å²) in [5, 5.41) is 19.0. The Bertz CT molecular complexity index is 606. The van der Waals surface area contributed by atoms with E-state index in [2.05, 4.69) is 15.5 Å². The van der Waals surface area contributed by atoms with E-state index < -0.39 is 0 Å². The number of anilines is 2. The van der Waals surface area contributed by atoms with Crippen molar-refractivity contribution in [3.05, 3.63) is 34.1 Å². The fourth-order valence-electron chi connectivity index (χ4n) is 1.39. The van der Waals surface area contributed by atoms with E-state index in [1.165, 1.54) is 0 Å². The molecule has 2 aromatic rings. The van der Waals surface area contributed by atoms with Crippen LogP contribution in [-0.4, -0.2) is 20.6 Å².